The van der Waals surface area contributed by atoms with E-state index in [0.29, 0.717) is 36.2 Å². The summed E-state index contributed by atoms with van der Waals surface area (Å²) >= 11 is 5.87. The van der Waals surface area contributed by atoms with E-state index in [0.717, 1.165) is 5.56 Å². The number of halogens is 1. The number of benzene rings is 2. The molecule has 45 heavy (non-hydrogen) atoms. The van der Waals surface area contributed by atoms with Crippen molar-refractivity contribution in [3.05, 3.63) is 70.5 Å². The van der Waals surface area contributed by atoms with E-state index in [1.54, 1.807) is 12.1 Å². The molecule has 3 aromatic rings. The van der Waals surface area contributed by atoms with Crippen LogP contribution >= 0.6 is 11.6 Å². The number of amides is 2. The largest absolute Gasteiger partial charge is 0.495 e. The number of ether oxygens (including phenoxy) is 1. The molecule has 1 aromatic heterocycles. The minimum absolute atomic E-state index is 0.0101. The molecule has 15 heteroatoms. The Bertz CT molecular complexity index is 1650. The van der Waals surface area contributed by atoms with Gasteiger partial charge in [0, 0.05) is 18.1 Å². The lowest BCUT2D eigenvalue weighted by Crippen LogP contribution is -2.49. The maximum atomic E-state index is 13.2. The molecule has 0 aliphatic heterocycles. The minimum atomic E-state index is -3.84. The molecule has 7 N–H and O–H groups in total. The molecule has 0 fully saturated rings. The highest BCUT2D eigenvalue weighted by atomic mass is 35.5. The van der Waals surface area contributed by atoms with Crippen LogP contribution in [-0.4, -0.2) is 93.5 Å². The lowest BCUT2D eigenvalue weighted by molar-refractivity contribution is -0.887. The molecule has 13 nitrogen and oxygen atoms in total. The van der Waals surface area contributed by atoms with Crippen LogP contribution in [0.5, 0.6) is 5.75 Å². The van der Waals surface area contributed by atoms with Crippen molar-refractivity contribution < 1.29 is 27.2 Å². The Hall–Kier alpha value is -4.27. The maximum absolute atomic E-state index is 13.2. The van der Waals surface area contributed by atoms with E-state index in [1.165, 1.54) is 20.1 Å². The minimum Gasteiger partial charge on any atom is -0.495 e. The summed E-state index contributed by atoms with van der Waals surface area (Å²) in [5, 5.41) is 13.3. The van der Waals surface area contributed by atoms with Gasteiger partial charge in [-0.05, 0) is 30.2 Å². The average Bonchev–Trinajstić information content (AvgIpc) is 2.97. The maximum Gasteiger partial charge on any atom is 0.273 e. The Kier molecular flexibility index (Phi) is 11.9. The van der Waals surface area contributed by atoms with E-state index in [4.69, 9.17) is 33.2 Å². The smallest absolute Gasteiger partial charge is 0.273 e. The number of aromatic nitrogens is 2. The number of hydrogen-bond donors (Lipinski definition) is 5. The normalized spacial score (nSPS) is 12.3. The van der Waals surface area contributed by atoms with Gasteiger partial charge in [0.1, 0.15) is 10.6 Å². The third-order valence-corrected chi connectivity index (χ3v) is 9.17. The van der Waals surface area contributed by atoms with Crippen molar-refractivity contribution in [2.24, 2.45) is 0 Å². The number of methoxy groups -OCH3 is 1. The number of nitrogen functional groups attached to an aromatic ring is 2. The number of nitrogens with zero attached hydrogens (tertiary/aromatic N) is 3. The average molecular weight is 660 g/mol. The highest BCUT2D eigenvalue weighted by Crippen LogP contribution is 2.34. The highest BCUT2D eigenvalue weighted by Gasteiger charge is 2.26. The van der Waals surface area contributed by atoms with Crippen LogP contribution in [0.2, 0.25) is 5.15 Å². The van der Waals surface area contributed by atoms with Crippen LogP contribution in [-0.2, 0) is 14.6 Å². The van der Waals surface area contributed by atoms with Gasteiger partial charge in [0.25, 0.3) is 5.91 Å². The third-order valence-electron chi connectivity index (χ3n) is 7.09. The van der Waals surface area contributed by atoms with Crippen molar-refractivity contribution >= 4 is 50.6 Å². The first-order valence-corrected chi connectivity index (χ1v) is 16.1. The number of carbonyl (C=O) groups excluding carboxylic acids is 2. The molecule has 0 saturated carbocycles. The quantitative estimate of drug-likeness (QED) is 0.120. The summed E-state index contributed by atoms with van der Waals surface area (Å²) in [5.41, 5.74) is 12.7. The van der Waals surface area contributed by atoms with Gasteiger partial charge in [0.2, 0.25) is 5.91 Å². The standard InChI is InChI=1S/C30H39ClN8O5S/c1-19(32)18-45(42,43)24-16-21(10-11-23(24)44-4)22(20-8-6-5-7-9-20)17-25(40)35-12-14-39(2,3)15-13-36-30(41)26-28(33)38-29(34)27(31)37-26/h5-11,16,22,32H,12-15,17-18H2,1-4H3,(H5-,33,34,35,36,38,40,41)/p+1. The fraction of sp³-hybridized carbons (Fsp3) is 0.367. The number of nitrogens with one attached hydrogen (secondary N) is 3. The van der Waals surface area contributed by atoms with Crippen LogP contribution in [0.25, 0.3) is 0 Å². The number of likely N-dealkylation sites (N-methyl/N-ethyl adjacent to an activating group) is 1. The molecule has 0 spiro atoms. The molecular weight excluding hydrogens is 620 g/mol. The van der Waals surface area contributed by atoms with Crippen molar-refractivity contribution in [3.8, 4) is 5.75 Å². The second-order valence-electron chi connectivity index (χ2n) is 11.2. The molecule has 1 unspecified atom stereocenters. The zero-order valence-electron chi connectivity index (χ0n) is 25.8. The first kappa shape index (κ1) is 35.2. The number of nitrogens with two attached hydrogens (primary N) is 2. The molecule has 0 saturated heterocycles. The number of quaternary nitrogens is 1. The molecule has 2 amide bonds. The topological polar surface area (TPSA) is 203 Å². The summed E-state index contributed by atoms with van der Waals surface area (Å²) in [6.07, 6.45) is 0.0789. The van der Waals surface area contributed by atoms with Crippen LogP contribution in [0.4, 0.5) is 11.6 Å². The summed E-state index contributed by atoms with van der Waals surface area (Å²) in [5.74, 6) is -1.58. The Morgan fingerprint density at radius 2 is 1.64 bits per heavy atom. The Labute approximate surface area is 268 Å². The number of hydrogen-bond acceptors (Lipinski definition) is 10. The molecule has 3 rings (SSSR count). The lowest BCUT2D eigenvalue weighted by Gasteiger charge is -2.30. The Morgan fingerprint density at radius 1 is 1.00 bits per heavy atom. The lowest BCUT2D eigenvalue weighted by atomic mass is 9.88. The predicted molar refractivity (Wildman–Crippen MR) is 174 cm³/mol. The van der Waals surface area contributed by atoms with Gasteiger partial charge in [-0.2, -0.15) is 0 Å². The molecule has 1 atom stereocenters. The number of anilines is 2. The van der Waals surface area contributed by atoms with Gasteiger partial charge in [0.15, 0.2) is 32.3 Å². The molecule has 2 aromatic carbocycles. The van der Waals surface area contributed by atoms with Crippen molar-refractivity contribution in [1.82, 2.24) is 20.6 Å². The zero-order chi connectivity index (χ0) is 33.4. The van der Waals surface area contributed by atoms with Gasteiger partial charge < -0.3 is 36.7 Å². The van der Waals surface area contributed by atoms with E-state index >= 15 is 0 Å². The van der Waals surface area contributed by atoms with Crippen LogP contribution in [0.3, 0.4) is 0 Å². The summed E-state index contributed by atoms with van der Waals surface area (Å²) in [7, 11) is 1.49. The van der Waals surface area contributed by atoms with Crippen LogP contribution in [0, 0.1) is 5.41 Å². The van der Waals surface area contributed by atoms with Gasteiger partial charge in [-0.25, -0.2) is 18.4 Å². The summed E-state index contributed by atoms with van der Waals surface area (Å²) in [6, 6.07) is 14.3. The first-order valence-electron chi connectivity index (χ1n) is 14.1. The summed E-state index contributed by atoms with van der Waals surface area (Å²) < 4.78 is 31.9. The van der Waals surface area contributed by atoms with Gasteiger partial charge >= 0.3 is 0 Å². The van der Waals surface area contributed by atoms with Crippen molar-refractivity contribution in [2.75, 3.05) is 64.6 Å². The summed E-state index contributed by atoms with van der Waals surface area (Å²) in [4.78, 5) is 33.4. The van der Waals surface area contributed by atoms with Gasteiger partial charge in [0.05, 0.1) is 53.1 Å². The molecule has 0 radical (unpaired) electrons. The number of carbonyl (C=O) groups is 2. The zero-order valence-corrected chi connectivity index (χ0v) is 27.3. The molecule has 0 bridgehead atoms. The molecule has 0 aliphatic carbocycles. The van der Waals surface area contributed by atoms with Gasteiger partial charge in [-0.15, -0.1) is 0 Å². The van der Waals surface area contributed by atoms with Gasteiger partial charge in [-0.1, -0.05) is 48.0 Å². The molecular formula is C30H40ClN8O5S+. The SMILES string of the molecule is COc1ccc(C(CC(=O)NCC[N+](C)(C)CCNC(=O)c2nc(Cl)c(N)nc2N)c2ccccc2)cc1S(=O)(=O)CC(C)=N. The van der Waals surface area contributed by atoms with Crippen molar-refractivity contribution in [2.45, 2.75) is 24.2 Å². The van der Waals surface area contributed by atoms with E-state index in [2.05, 4.69) is 20.6 Å². The Balaban J connectivity index is 1.65. The predicted octanol–water partition coefficient (Wildman–Crippen LogP) is 2.26. The second-order valence-corrected chi connectivity index (χ2v) is 13.6. The summed E-state index contributed by atoms with van der Waals surface area (Å²) in [6.45, 7) is 3.22. The van der Waals surface area contributed by atoms with Crippen molar-refractivity contribution in [3.63, 3.8) is 0 Å². The van der Waals surface area contributed by atoms with Crippen molar-refractivity contribution in [1.29, 1.82) is 5.41 Å². The molecule has 0 aliphatic rings. The second kappa shape index (κ2) is 15.1. The monoisotopic (exact) mass is 659 g/mol. The van der Waals surface area contributed by atoms with Crippen LogP contribution < -0.4 is 26.8 Å². The third kappa shape index (κ3) is 9.86. The van der Waals surface area contributed by atoms with E-state index in [-0.39, 0.29) is 51.2 Å². The molecule has 242 valence electrons. The molecule has 1 heterocycles. The fourth-order valence-electron chi connectivity index (χ4n) is 4.66. The number of sulfone groups is 1. The van der Waals surface area contributed by atoms with Gasteiger partial charge in [-0.3, -0.25) is 9.59 Å². The highest BCUT2D eigenvalue weighted by molar-refractivity contribution is 7.92. The van der Waals surface area contributed by atoms with Crippen LogP contribution in [0.15, 0.2) is 53.4 Å². The van der Waals surface area contributed by atoms with E-state index in [9.17, 15) is 18.0 Å². The fourth-order valence-corrected chi connectivity index (χ4v) is 6.29. The van der Waals surface area contributed by atoms with Crippen LogP contribution in [0.1, 0.15) is 40.9 Å². The van der Waals surface area contributed by atoms with E-state index < -0.39 is 27.4 Å². The Morgan fingerprint density at radius 3 is 2.27 bits per heavy atom. The number of rotatable bonds is 15. The first-order chi connectivity index (χ1) is 21.1. The van der Waals surface area contributed by atoms with E-state index in [1.807, 2.05) is 44.4 Å².